The summed E-state index contributed by atoms with van der Waals surface area (Å²) in [5.74, 6) is 1.03. The van der Waals surface area contributed by atoms with Crippen molar-refractivity contribution in [3.8, 4) is 0 Å². The van der Waals surface area contributed by atoms with Gasteiger partial charge in [-0.15, -0.1) is 0 Å². The molecule has 1 aromatic rings. The summed E-state index contributed by atoms with van der Waals surface area (Å²) >= 11 is 0. The fourth-order valence-corrected chi connectivity index (χ4v) is 4.62. The number of hydrogen-bond donors (Lipinski definition) is 1. The molecule has 7 nitrogen and oxygen atoms in total. The highest BCUT2D eigenvalue weighted by Gasteiger charge is 2.24. The van der Waals surface area contributed by atoms with Gasteiger partial charge in [-0.1, -0.05) is 13.8 Å². The van der Waals surface area contributed by atoms with Gasteiger partial charge in [-0.25, -0.2) is 12.7 Å². The number of hydrogen-bond acceptors (Lipinski definition) is 5. The number of carbonyl (C=O) groups is 1. The zero-order valence-corrected chi connectivity index (χ0v) is 18.0. The molecule has 0 radical (unpaired) electrons. The number of nitrogens with zero attached hydrogens (tertiary/aromatic N) is 3. The molecule has 0 aliphatic carbocycles. The fraction of sp³-hybridized carbons (Fsp3) is 0.632. The molecule has 2 atom stereocenters. The van der Waals surface area contributed by atoms with Gasteiger partial charge in [-0.3, -0.25) is 9.69 Å². The van der Waals surface area contributed by atoms with E-state index in [1.165, 1.54) is 30.9 Å². The fourth-order valence-electron chi connectivity index (χ4n) is 3.69. The van der Waals surface area contributed by atoms with Crippen LogP contribution in [0.3, 0.4) is 0 Å². The van der Waals surface area contributed by atoms with E-state index >= 15 is 0 Å². The lowest BCUT2D eigenvalue weighted by molar-refractivity contribution is -0.117. The number of amides is 1. The SMILES string of the molecule is C[C@@H]1C[C@H](C)CN(CC(=O)Nc2cc(S(=O)(=O)N(C)C)ccc2N(C)C)C1. The van der Waals surface area contributed by atoms with Gasteiger partial charge in [0.1, 0.15) is 0 Å². The Morgan fingerprint density at radius 2 is 1.74 bits per heavy atom. The van der Waals surface area contributed by atoms with Crippen LogP contribution in [0, 0.1) is 11.8 Å². The molecule has 1 saturated heterocycles. The number of benzene rings is 1. The molecule has 1 aliphatic heterocycles. The van der Waals surface area contributed by atoms with Crippen molar-refractivity contribution in [1.29, 1.82) is 0 Å². The van der Waals surface area contributed by atoms with Crippen LogP contribution in [-0.4, -0.2) is 71.4 Å². The van der Waals surface area contributed by atoms with E-state index in [0.29, 0.717) is 24.1 Å². The van der Waals surface area contributed by atoms with Crippen LogP contribution < -0.4 is 10.2 Å². The third kappa shape index (κ3) is 5.43. The Morgan fingerprint density at radius 3 is 2.26 bits per heavy atom. The standard InChI is InChI=1S/C19H32N4O3S/c1-14-9-15(2)12-23(11-14)13-19(24)20-17-10-16(27(25,26)22(5)6)7-8-18(17)21(3)4/h7-8,10,14-15H,9,11-13H2,1-6H3,(H,20,24)/t14-,15+. The van der Waals surface area contributed by atoms with Crippen molar-refractivity contribution >= 4 is 27.3 Å². The van der Waals surface area contributed by atoms with Crippen LogP contribution in [0.2, 0.25) is 0 Å². The molecule has 1 amide bonds. The number of nitrogens with one attached hydrogen (secondary N) is 1. The molecular weight excluding hydrogens is 364 g/mol. The summed E-state index contributed by atoms with van der Waals surface area (Å²) in [6.07, 6.45) is 1.19. The predicted octanol–water partition coefficient (Wildman–Crippen LogP) is 1.92. The third-order valence-corrected chi connectivity index (χ3v) is 6.63. The lowest BCUT2D eigenvalue weighted by Crippen LogP contribution is -2.42. The zero-order chi connectivity index (χ0) is 20.4. The Balaban J connectivity index is 2.21. The second kappa shape index (κ2) is 8.58. The van der Waals surface area contributed by atoms with E-state index in [1.807, 2.05) is 19.0 Å². The summed E-state index contributed by atoms with van der Waals surface area (Å²) in [6.45, 7) is 6.55. The monoisotopic (exact) mass is 396 g/mol. The molecule has 1 N–H and O–H groups in total. The van der Waals surface area contributed by atoms with Crippen molar-refractivity contribution in [1.82, 2.24) is 9.21 Å². The molecule has 1 heterocycles. The molecule has 2 rings (SSSR count). The number of rotatable bonds is 6. The van der Waals surface area contributed by atoms with Crippen molar-refractivity contribution in [2.24, 2.45) is 11.8 Å². The van der Waals surface area contributed by atoms with Gasteiger partial charge in [-0.2, -0.15) is 0 Å². The molecule has 0 bridgehead atoms. The molecule has 0 spiro atoms. The number of sulfonamides is 1. The van der Waals surface area contributed by atoms with Crippen molar-refractivity contribution in [2.45, 2.75) is 25.2 Å². The van der Waals surface area contributed by atoms with Crippen molar-refractivity contribution in [2.75, 3.05) is 58.0 Å². The van der Waals surface area contributed by atoms with E-state index in [9.17, 15) is 13.2 Å². The second-order valence-electron chi connectivity index (χ2n) is 8.05. The first-order valence-electron chi connectivity index (χ1n) is 9.26. The highest BCUT2D eigenvalue weighted by molar-refractivity contribution is 7.89. The minimum Gasteiger partial charge on any atom is -0.376 e. The van der Waals surface area contributed by atoms with Crippen LogP contribution >= 0.6 is 0 Å². The smallest absolute Gasteiger partial charge is 0.242 e. The van der Waals surface area contributed by atoms with Crippen LogP contribution in [0.4, 0.5) is 11.4 Å². The van der Waals surface area contributed by atoms with Gasteiger partial charge in [-0.05, 0) is 36.5 Å². The van der Waals surface area contributed by atoms with Crippen LogP contribution in [0.15, 0.2) is 23.1 Å². The van der Waals surface area contributed by atoms with Gasteiger partial charge in [0.25, 0.3) is 0 Å². The maximum absolute atomic E-state index is 12.6. The summed E-state index contributed by atoms with van der Waals surface area (Å²) < 4.78 is 26.0. The largest absolute Gasteiger partial charge is 0.376 e. The predicted molar refractivity (Wildman–Crippen MR) is 110 cm³/mol. The van der Waals surface area contributed by atoms with Gasteiger partial charge < -0.3 is 10.2 Å². The normalized spacial score (nSPS) is 21.3. The first-order valence-corrected chi connectivity index (χ1v) is 10.7. The molecule has 1 aliphatic rings. The summed E-state index contributed by atoms with van der Waals surface area (Å²) in [5, 5.41) is 2.92. The number of anilines is 2. The maximum Gasteiger partial charge on any atom is 0.242 e. The van der Waals surface area contributed by atoms with Crippen LogP contribution in [0.5, 0.6) is 0 Å². The second-order valence-corrected chi connectivity index (χ2v) is 10.2. The molecule has 1 fully saturated rings. The van der Waals surface area contributed by atoms with Gasteiger partial charge in [0, 0.05) is 41.3 Å². The van der Waals surface area contributed by atoms with E-state index in [4.69, 9.17) is 0 Å². The first-order chi connectivity index (χ1) is 12.5. The Morgan fingerprint density at radius 1 is 1.15 bits per heavy atom. The van der Waals surface area contributed by atoms with Crippen molar-refractivity contribution in [3.63, 3.8) is 0 Å². The van der Waals surface area contributed by atoms with E-state index in [-0.39, 0.29) is 10.8 Å². The number of piperidine rings is 1. The lowest BCUT2D eigenvalue weighted by atomic mass is 9.92. The Hall–Kier alpha value is -1.64. The van der Waals surface area contributed by atoms with E-state index in [2.05, 4.69) is 24.1 Å². The van der Waals surface area contributed by atoms with Crippen LogP contribution in [0.1, 0.15) is 20.3 Å². The molecule has 0 saturated carbocycles. The minimum atomic E-state index is -3.57. The van der Waals surface area contributed by atoms with E-state index < -0.39 is 10.0 Å². The van der Waals surface area contributed by atoms with Gasteiger partial charge in [0.05, 0.1) is 22.8 Å². The number of carbonyl (C=O) groups excluding carboxylic acids is 1. The van der Waals surface area contributed by atoms with Gasteiger partial charge in [0.15, 0.2) is 0 Å². The number of likely N-dealkylation sites (tertiary alicyclic amines) is 1. The molecule has 152 valence electrons. The molecular formula is C19H32N4O3S. The lowest BCUT2D eigenvalue weighted by Gasteiger charge is -2.34. The highest BCUT2D eigenvalue weighted by Crippen LogP contribution is 2.29. The highest BCUT2D eigenvalue weighted by atomic mass is 32.2. The zero-order valence-electron chi connectivity index (χ0n) is 17.2. The first kappa shape index (κ1) is 21.7. The van der Waals surface area contributed by atoms with Gasteiger partial charge in [0.2, 0.25) is 15.9 Å². The molecule has 1 aromatic carbocycles. The Kier molecular flexibility index (Phi) is 6.88. The summed E-state index contributed by atoms with van der Waals surface area (Å²) in [7, 11) is 3.14. The maximum atomic E-state index is 12.6. The average Bonchev–Trinajstić information content (AvgIpc) is 2.53. The van der Waals surface area contributed by atoms with Crippen molar-refractivity contribution < 1.29 is 13.2 Å². The molecule has 0 aromatic heterocycles. The molecule has 8 heteroatoms. The average molecular weight is 397 g/mol. The quantitative estimate of drug-likeness (QED) is 0.795. The van der Waals surface area contributed by atoms with E-state index in [0.717, 1.165) is 18.8 Å². The van der Waals surface area contributed by atoms with Crippen LogP contribution in [0.25, 0.3) is 0 Å². The third-order valence-electron chi connectivity index (χ3n) is 4.81. The summed E-state index contributed by atoms with van der Waals surface area (Å²) in [5.41, 5.74) is 1.27. The molecule has 0 unspecified atom stereocenters. The van der Waals surface area contributed by atoms with Gasteiger partial charge >= 0.3 is 0 Å². The van der Waals surface area contributed by atoms with Crippen molar-refractivity contribution in [3.05, 3.63) is 18.2 Å². The van der Waals surface area contributed by atoms with Crippen LogP contribution in [-0.2, 0) is 14.8 Å². The Labute approximate surface area is 163 Å². The Bertz CT molecular complexity index is 767. The molecule has 27 heavy (non-hydrogen) atoms. The summed E-state index contributed by atoms with van der Waals surface area (Å²) in [4.78, 5) is 16.8. The van der Waals surface area contributed by atoms with E-state index in [1.54, 1.807) is 12.1 Å². The topological polar surface area (TPSA) is 73.0 Å². The summed E-state index contributed by atoms with van der Waals surface area (Å²) in [6, 6.07) is 4.81. The minimum absolute atomic E-state index is 0.126.